The van der Waals surface area contributed by atoms with Crippen molar-refractivity contribution in [2.45, 2.75) is 13.3 Å². The summed E-state index contributed by atoms with van der Waals surface area (Å²) in [5, 5.41) is 0. The van der Waals surface area contributed by atoms with E-state index >= 15 is 0 Å². The fraction of sp³-hybridized carbons (Fsp3) is 0.364. The maximum absolute atomic E-state index is 13.1. The largest absolute Gasteiger partial charge is 0.368 e. The predicted octanol–water partition coefficient (Wildman–Crippen LogP) is 2.84. The quantitative estimate of drug-likeness (QED) is 0.821. The molecule has 2 saturated heterocycles. The van der Waals surface area contributed by atoms with Gasteiger partial charge in [0.15, 0.2) is 0 Å². The van der Waals surface area contributed by atoms with Gasteiger partial charge in [-0.2, -0.15) is 0 Å². The summed E-state index contributed by atoms with van der Waals surface area (Å²) in [5.74, 6) is -0.706. The fourth-order valence-electron chi connectivity index (χ4n) is 4.01. The minimum atomic E-state index is -0.338. The molecule has 0 aliphatic carbocycles. The minimum absolute atomic E-state index is 0.0434. The Morgan fingerprint density at radius 1 is 1.00 bits per heavy atom. The molecular weight excluding hydrogens is 357 g/mol. The van der Waals surface area contributed by atoms with Crippen LogP contribution in [0.4, 0.5) is 15.8 Å². The average molecular weight is 381 g/mol. The van der Waals surface area contributed by atoms with Crippen LogP contribution in [0.15, 0.2) is 48.5 Å². The molecule has 0 radical (unpaired) electrons. The molecule has 0 bridgehead atoms. The molecule has 2 heterocycles. The zero-order chi connectivity index (χ0) is 19.7. The highest BCUT2D eigenvalue weighted by molar-refractivity contribution is 6.00. The molecular formula is C22H24FN3O2. The zero-order valence-electron chi connectivity index (χ0n) is 16.0. The van der Waals surface area contributed by atoms with Crippen molar-refractivity contribution in [2.24, 2.45) is 5.92 Å². The highest BCUT2D eigenvalue weighted by atomic mass is 19.1. The highest BCUT2D eigenvalue weighted by Gasteiger charge is 2.37. The van der Waals surface area contributed by atoms with Crippen LogP contribution in [0.3, 0.4) is 0 Å². The minimum Gasteiger partial charge on any atom is -0.368 e. The van der Waals surface area contributed by atoms with Gasteiger partial charge in [-0.05, 0) is 48.9 Å². The first-order chi connectivity index (χ1) is 13.5. The van der Waals surface area contributed by atoms with Gasteiger partial charge >= 0.3 is 0 Å². The smallest absolute Gasteiger partial charge is 0.228 e. The summed E-state index contributed by atoms with van der Waals surface area (Å²) in [4.78, 5) is 31.1. The second kappa shape index (κ2) is 7.62. The Bertz CT molecular complexity index is 876. The molecule has 6 heteroatoms. The number of piperazine rings is 1. The summed E-state index contributed by atoms with van der Waals surface area (Å²) in [6.45, 7) is 5.34. The molecule has 0 N–H and O–H groups in total. The van der Waals surface area contributed by atoms with Gasteiger partial charge < -0.3 is 14.7 Å². The molecule has 5 nitrogen and oxygen atoms in total. The highest BCUT2D eigenvalue weighted by Crippen LogP contribution is 2.27. The van der Waals surface area contributed by atoms with Crippen LogP contribution in [0.2, 0.25) is 0 Å². The number of hydrogen-bond acceptors (Lipinski definition) is 3. The van der Waals surface area contributed by atoms with E-state index in [0.29, 0.717) is 25.3 Å². The van der Waals surface area contributed by atoms with E-state index in [1.165, 1.54) is 23.4 Å². The molecule has 1 atom stereocenters. The van der Waals surface area contributed by atoms with Gasteiger partial charge in [0.2, 0.25) is 11.8 Å². The first-order valence-corrected chi connectivity index (χ1v) is 9.67. The Morgan fingerprint density at radius 3 is 2.39 bits per heavy atom. The first kappa shape index (κ1) is 18.5. The lowest BCUT2D eigenvalue weighted by Crippen LogP contribution is -2.50. The third-order valence-corrected chi connectivity index (χ3v) is 5.57. The van der Waals surface area contributed by atoms with Crippen LogP contribution in [-0.4, -0.2) is 49.4 Å². The SMILES string of the molecule is Cc1cccc(N2CCN(C(=O)C3CC(=O)N(c4ccc(F)cc4)C3)CC2)c1. The number of aryl methyl sites for hydroxylation is 1. The molecule has 1 unspecified atom stereocenters. The fourth-order valence-corrected chi connectivity index (χ4v) is 4.01. The van der Waals surface area contributed by atoms with Gasteiger partial charge in [0.05, 0.1) is 5.92 Å². The summed E-state index contributed by atoms with van der Waals surface area (Å²) in [6.07, 6.45) is 0.217. The van der Waals surface area contributed by atoms with E-state index in [2.05, 4.69) is 36.1 Å². The molecule has 2 aliphatic rings. The molecule has 146 valence electrons. The predicted molar refractivity (Wildman–Crippen MR) is 107 cm³/mol. The number of nitrogens with zero attached hydrogens (tertiary/aromatic N) is 3. The van der Waals surface area contributed by atoms with Gasteiger partial charge in [-0.1, -0.05) is 12.1 Å². The molecule has 2 aromatic carbocycles. The maximum Gasteiger partial charge on any atom is 0.228 e. The molecule has 2 aliphatic heterocycles. The van der Waals surface area contributed by atoms with Gasteiger partial charge in [0.1, 0.15) is 5.82 Å². The Hall–Kier alpha value is -2.89. The number of carbonyl (C=O) groups excluding carboxylic acids is 2. The number of amides is 2. The van der Waals surface area contributed by atoms with Crippen molar-refractivity contribution in [3.63, 3.8) is 0 Å². The number of anilines is 2. The zero-order valence-corrected chi connectivity index (χ0v) is 16.0. The van der Waals surface area contributed by atoms with Gasteiger partial charge in [0, 0.05) is 50.5 Å². The van der Waals surface area contributed by atoms with Gasteiger partial charge in [-0.25, -0.2) is 4.39 Å². The Kier molecular flexibility index (Phi) is 5.03. The van der Waals surface area contributed by atoms with E-state index in [1.807, 2.05) is 4.90 Å². The third-order valence-electron chi connectivity index (χ3n) is 5.57. The standard InChI is InChI=1S/C22H24FN3O2/c1-16-3-2-4-20(13-16)24-9-11-25(12-10-24)22(28)17-14-21(27)26(15-17)19-7-5-18(23)6-8-19/h2-8,13,17H,9-12,14-15H2,1H3. The second-order valence-corrected chi connectivity index (χ2v) is 7.53. The first-order valence-electron chi connectivity index (χ1n) is 9.67. The van der Waals surface area contributed by atoms with Crippen molar-refractivity contribution >= 4 is 23.2 Å². The second-order valence-electron chi connectivity index (χ2n) is 7.53. The van der Waals surface area contributed by atoms with Crippen LogP contribution >= 0.6 is 0 Å². The lowest BCUT2D eigenvalue weighted by atomic mass is 10.1. The van der Waals surface area contributed by atoms with Crippen LogP contribution in [0.1, 0.15) is 12.0 Å². The van der Waals surface area contributed by atoms with Crippen LogP contribution in [-0.2, 0) is 9.59 Å². The summed E-state index contributed by atoms with van der Waals surface area (Å²) in [6, 6.07) is 14.2. The number of halogens is 1. The molecule has 2 fully saturated rings. The van der Waals surface area contributed by atoms with E-state index < -0.39 is 0 Å². The van der Waals surface area contributed by atoms with Crippen LogP contribution in [0.5, 0.6) is 0 Å². The van der Waals surface area contributed by atoms with E-state index in [4.69, 9.17) is 0 Å². The Balaban J connectivity index is 1.36. The summed E-state index contributed by atoms with van der Waals surface area (Å²) in [5.41, 5.74) is 3.05. The molecule has 2 aromatic rings. The van der Waals surface area contributed by atoms with E-state index in [9.17, 15) is 14.0 Å². The molecule has 28 heavy (non-hydrogen) atoms. The number of benzene rings is 2. The third kappa shape index (κ3) is 3.72. The average Bonchev–Trinajstić information content (AvgIpc) is 3.10. The van der Waals surface area contributed by atoms with Gasteiger partial charge in [0.25, 0.3) is 0 Å². The molecule has 2 amide bonds. The molecule has 0 spiro atoms. The van der Waals surface area contributed by atoms with Crippen molar-refractivity contribution in [1.29, 1.82) is 0 Å². The summed E-state index contributed by atoms with van der Waals surface area (Å²) < 4.78 is 13.1. The topological polar surface area (TPSA) is 43.9 Å². The number of hydrogen-bond donors (Lipinski definition) is 0. The van der Waals surface area contributed by atoms with Crippen LogP contribution < -0.4 is 9.80 Å². The van der Waals surface area contributed by atoms with Crippen molar-refractivity contribution in [3.8, 4) is 0 Å². The normalized spacial score (nSPS) is 20.0. The van der Waals surface area contributed by atoms with Crippen molar-refractivity contribution in [3.05, 3.63) is 59.9 Å². The molecule has 4 rings (SSSR count). The Labute approximate surface area is 164 Å². The van der Waals surface area contributed by atoms with Crippen LogP contribution in [0, 0.1) is 18.7 Å². The number of carbonyl (C=O) groups is 2. The summed E-state index contributed by atoms with van der Waals surface area (Å²) >= 11 is 0. The van der Waals surface area contributed by atoms with E-state index in [1.54, 1.807) is 17.0 Å². The van der Waals surface area contributed by atoms with Crippen molar-refractivity contribution in [2.75, 3.05) is 42.5 Å². The maximum atomic E-state index is 13.1. The summed E-state index contributed by atoms with van der Waals surface area (Å²) in [7, 11) is 0. The van der Waals surface area contributed by atoms with Gasteiger partial charge in [-0.3, -0.25) is 9.59 Å². The van der Waals surface area contributed by atoms with Crippen LogP contribution in [0.25, 0.3) is 0 Å². The lowest BCUT2D eigenvalue weighted by molar-refractivity contribution is -0.136. The monoisotopic (exact) mass is 381 g/mol. The van der Waals surface area contributed by atoms with E-state index in [0.717, 1.165) is 13.1 Å². The molecule has 0 aromatic heterocycles. The van der Waals surface area contributed by atoms with Crippen molar-refractivity contribution < 1.29 is 14.0 Å². The van der Waals surface area contributed by atoms with Gasteiger partial charge in [-0.15, -0.1) is 0 Å². The Morgan fingerprint density at radius 2 is 1.71 bits per heavy atom. The van der Waals surface area contributed by atoms with E-state index in [-0.39, 0.29) is 30.0 Å². The number of rotatable bonds is 3. The lowest BCUT2D eigenvalue weighted by Gasteiger charge is -2.37. The molecule has 0 saturated carbocycles. The van der Waals surface area contributed by atoms with Crippen molar-refractivity contribution in [1.82, 2.24) is 4.90 Å².